The van der Waals surface area contributed by atoms with E-state index < -0.39 is 0 Å². The molecular formula is C11H13ClN4S2. The molecule has 0 unspecified atom stereocenters. The quantitative estimate of drug-likeness (QED) is 0.855. The molecule has 96 valence electrons. The van der Waals surface area contributed by atoms with E-state index in [1.807, 2.05) is 26.0 Å². The van der Waals surface area contributed by atoms with Crippen LogP contribution in [0.3, 0.4) is 0 Å². The van der Waals surface area contributed by atoms with Crippen molar-refractivity contribution in [1.29, 1.82) is 0 Å². The molecule has 0 radical (unpaired) electrons. The Morgan fingerprint density at radius 3 is 2.89 bits per heavy atom. The van der Waals surface area contributed by atoms with E-state index in [0.29, 0.717) is 10.8 Å². The van der Waals surface area contributed by atoms with Crippen molar-refractivity contribution in [3.63, 3.8) is 0 Å². The van der Waals surface area contributed by atoms with Crippen LogP contribution in [0.15, 0.2) is 16.5 Å². The van der Waals surface area contributed by atoms with E-state index in [-0.39, 0.29) is 0 Å². The molecular weight excluding hydrogens is 288 g/mol. The highest BCUT2D eigenvalue weighted by Gasteiger charge is 2.07. The Hall–Kier alpha value is -0.850. The molecule has 0 aliphatic rings. The second-order valence-corrected chi connectivity index (χ2v) is 6.34. The van der Waals surface area contributed by atoms with Gasteiger partial charge in [0.1, 0.15) is 10.8 Å². The lowest BCUT2D eigenvalue weighted by Gasteiger charge is -2.06. The minimum absolute atomic E-state index is 0.686. The SMILES string of the molecule is CCNc1ccc(Cl)c(CSc2nnc(C)s2)n1. The molecule has 0 aliphatic carbocycles. The van der Waals surface area contributed by atoms with Gasteiger partial charge in [-0.15, -0.1) is 10.2 Å². The Morgan fingerprint density at radius 2 is 2.22 bits per heavy atom. The summed E-state index contributed by atoms with van der Waals surface area (Å²) >= 11 is 9.32. The number of rotatable bonds is 5. The highest BCUT2D eigenvalue weighted by molar-refractivity contribution is 8.00. The highest BCUT2D eigenvalue weighted by atomic mass is 35.5. The summed E-state index contributed by atoms with van der Waals surface area (Å²) in [6.45, 7) is 4.82. The number of aromatic nitrogens is 3. The van der Waals surface area contributed by atoms with Crippen LogP contribution in [-0.2, 0) is 5.75 Å². The number of halogens is 1. The van der Waals surface area contributed by atoms with Crippen molar-refractivity contribution < 1.29 is 0 Å². The largest absolute Gasteiger partial charge is 0.370 e. The zero-order valence-electron chi connectivity index (χ0n) is 10.1. The molecule has 0 atom stereocenters. The number of nitrogens with one attached hydrogen (secondary N) is 1. The molecule has 2 rings (SSSR count). The first-order valence-corrected chi connectivity index (χ1v) is 7.69. The summed E-state index contributed by atoms with van der Waals surface area (Å²) in [6, 6.07) is 3.75. The number of hydrogen-bond donors (Lipinski definition) is 1. The zero-order chi connectivity index (χ0) is 13.0. The first-order chi connectivity index (χ1) is 8.69. The van der Waals surface area contributed by atoms with Gasteiger partial charge in [-0.05, 0) is 26.0 Å². The van der Waals surface area contributed by atoms with Gasteiger partial charge in [0.15, 0.2) is 4.34 Å². The maximum Gasteiger partial charge on any atom is 0.174 e. The number of hydrogen-bond acceptors (Lipinski definition) is 6. The average molecular weight is 301 g/mol. The zero-order valence-corrected chi connectivity index (χ0v) is 12.5. The normalized spacial score (nSPS) is 10.6. The van der Waals surface area contributed by atoms with Gasteiger partial charge in [-0.1, -0.05) is 34.7 Å². The van der Waals surface area contributed by atoms with Crippen LogP contribution < -0.4 is 5.32 Å². The van der Waals surface area contributed by atoms with Crippen LogP contribution in [-0.4, -0.2) is 21.7 Å². The van der Waals surface area contributed by atoms with Crippen LogP contribution in [0.25, 0.3) is 0 Å². The van der Waals surface area contributed by atoms with Crippen molar-refractivity contribution in [2.45, 2.75) is 23.9 Å². The van der Waals surface area contributed by atoms with Crippen LogP contribution in [0.4, 0.5) is 5.82 Å². The standard InChI is InChI=1S/C11H13ClN4S2/c1-3-13-10-5-4-8(12)9(14-10)6-17-11-16-15-7(2)18-11/h4-5H,3,6H2,1-2H3,(H,13,14). The molecule has 0 amide bonds. The van der Waals surface area contributed by atoms with Crippen molar-refractivity contribution in [2.75, 3.05) is 11.9 Å². The maximum absolute atomic E-state index is 6.13. The van der Waals surface area contributed by atoms with Gasteiger partial charge in [0.2, 0.25) is 0 Å². The van der Waals surface area contributed by atoms with E-state index in [0.717, 1.165) is 27.4 Å². The summed E-state index contributed by atoms with van der Waals surface area (Å²) in [5.74, 6) is 1.55. The molecule has 0 spiro atoms. The summed E-state index contributed by atoms with van der Waals surface area (Å²) in [4.78, 5) is 4.48. The molecule has 4 nitrogen and oxygen atoms in total. The molecule has 2 aromatic heterocycles. The Morgan fingerprint density at radius 1 is 1.39 bits per heavy atom. The fraction of sp³-hybridized carbons (Fsp3) is 0.364. The lowest BCUT2D eigenvalue weighted by molar-refractivity contribution is 0.982. The minimum Gasteiger partial charge on any atom is -0.370 e. The smallest absolute Gasteiger partial charge is 0.174 e. The lowest BCUT2D eigenvalue weighted by atomic mass is 10.3. The van der Waals surface area contributed by atoms with Gasteiger partial charge in [0, 0.05) is 12.3 Å². The van der Waals surface area contributed by atoms with Crippen LogP contribution >= 0.6 is 34.7 Å². The number of anilines is 1. The third kappa shape index (κ3) is 3.57. The minimum atomic E-state index is 0.686. The first-order valence-electron chi connectivity index (χ1n) is 5.51. The second-order valence-electron chi connectivity index (χ2n) is 3.53. The predicted molar refractivity (Wildman–Crippen MR) is 77.6 cm³/mol. The molecule has 0 fully saturated rings. The van der Waals surface area contributed by atoms with Crippen LogP contribution in [0.1, 0.15) is 17.6 Å². The number of thioether (sulfide) groups is 1. The van der Waals surface area contributed by atoms with Crippen molar-refractivity contribution in [1.82, 2.24) is 15.2 Å². The Kier molecular flexibility index (Phi) is 4.79. The first kappa shape index (κ1) is 13.6. The lowest BCUT2D eigenvalue weighted by Crippen LogP contribution is -2.01. The van der Waals surface area contributed by atoms with Crippen molar-refractivity contribution in [3.8, 4) is 0 Å². The predicted octanol–water partition coefficient (Wildman–Crippen LogP) is 3.62. The van der Waals surface area contributed by atoms with Gasteiger partial charge in [-0.25, -0.2) is 4.98 Å². The molecule has 0 bridgehead atoms. The van der Waals surface area contributed by atoms with E-state index in [4.69, 9.17) is 11.6 Å². The molecule has 2 aromatic rings. The topological polar surface area (TPSA) is 50.7 Å². The van der Waals surface area contributed by atoms with E-state index in [9.17, 15) is 0 Å². The Bertz CT molecular complexity index is 530. The highest BCUT2D eigenvalue weighted by Crippen LogP contribution is 2.28. The fourth-order valence-electron chi connectivity index (χ4n) is 1.33. The number of nitrogens with zero attached hydrogens (tertiary/aromatic N) is 3. The van der Waals surface area contributed by atoms with E-state index in [2.05, 4.69) is 20.5 Å². The summed E-state index contributed by atoms with van der Waals surface area (Å²) in [6.07, 6.45) is 0. The van der Waals surface area contributed by atoms with Gasteiger partial charge in [-0.3, -0.25) is 0 Å². The number of pyridine rings is 1. The summed E-state index contributed by atoms with van der Waals surface area (Å²) in [5.41, 5.74) is 0.868. The molecule has 0 saturated heterocycles. The van der Waals surface area contributed by atoms with Crippen LogP contribution in [0.5, 0.6) is 0 Å². The average Bonchev–Trinajstić information content (AvgIpc) is 2.76. The van der Waals surface area contributed by atoms with Gasteiger partial charge in [0.05, 0.1) is 10.7 Å². The third-order valence-electron chi connectivity index (χ3n) is 2.12. The Labute approximate surface area is 119 Å². The van der Waals surface area contributed by atoms with E-state index in [1.54, 1.807) is 23.1 Å². The molecule has 0 aromatic carbocycles. The van der Waals surface area contributed by atoms with Gasteiger partial charge in [0.25, 0.3) is 0 Å². The fourth-order valence-corrected chi connectivity index (χ4v) is 3.35. The van der Waals surface area contributed by atoms with E-state index in [1.165, 1.54) is 0 Å². The van der Waals surface area contributed by atoms with Crippen LogP contribution in [0, 0.1) is 6.92 Å². The molecule has 2 heterocycles. The summed E-state index contributed by atoms with van der Waals surface area (Å²) < 4.78 is 0.944. The number of aryl methyl sites for hydroxylation is 1. The van der Waals surface area contributed by atoms with Crippen molar-refractivity contribution in [2.24, 2.45) is 0 Å². The van der Waals surface area contributed by atoms with Gasteiger partial charge in [-0.2, -0.15) is 0 Å². The van der Waals surface area contributed by atoms with E-state index >= 15 is 0 Å². The van der Waals surface area contributed by atoms with Crippen molar-refractivity contribution in [3.05, 3.63) is 27.9 Å². The summed E-state index contributed by atoms with van der Waals surface area (Å²) in [7, 11) is 0. The molecule has 18 heavy (non-hydrogen) atoms. The molecule has 1 N–H and O–H groups in total. The van der Waals surface area contributed by atoms with Crippen molar-refractivity contribution >= 4 is 40.5 Å². The molecule has 0 aliphatic heterocycles. The second kappa shape index (κ2) is 6.36. The molecule has 7 heteroatoms. The monoisotopic (exact) mass is 300 g/mol. The Balaban J connectivity index is 2.05. The summed E-state index contributed by atoms with van der Waals surface area (Å²) in [5, 5.41) is 12.9. The van der Waals surface area contributed by atoms with Gasteiger partial charge >= 0.3 is 0 Å². The molecule has 0 saturated carbocycles. The maximum atomic E-state index is 6.13. The van der Waals surface area contributed by atoms with Crippen LogP contribution in [0.2, 0.25) is 5.02 Å². The van der Waals surface area contributed by atoms with Gasteiger partial charge < -0.3 is 5.32 Å². The third-order valence-corrected chi connectivity index (χ3v) is 4.44.